The Morgan fingerprint density at radius 3 is 2.50 bits per heavy atom. The molecule has 1 fully saturated rings. The number of hydrogen-bond donors (Lipinski definition) is 1. The van der Waals surface area contributed by atoms with Crippen LogP contribution in [0.5, 0.6) is 0 Å². The van der Waals surface area contributed by atoms with Gasteiger partial charge in [0.1, 0.15) is 0 Å². The number of hydrogen-bond acceptors (Lipinski definition) is 4. The van der Waals surface area contributed by atoms with Crippen molar-refractivity contribution in [1.29, 1.82) is 0 Å². The van der Waals surface area contributed by atoms with Gasteiger partial charge in [-0.2, -0.15) is 0 Å². The highest BCUT2D eigenvalue weighted by Gasteiger charge is 2.21. The number of aliphatic imine (C=N–C) groups is 1. The predicted molar refractivity (Wildman–Crippen MR) is 120 cm³/mol. The summed E-state index contributed by atoms with van der Waals surface area (Å²) in [5.74, 6) is 1.27. The second-order valence-corrected chi connectivity index (χ2v) is 9.19. The smallest absolute Gasteiger partial charge is 0.193 e. The number of nitrogens with zero attached hydrogens (tertiary/aromatic N) is 3. The summed E-state index contributed by atoms with van der Waals surface area (Å²) in [5, 5.41) is 4.39. The van der Waals surface area contributed by atoms with E-state index in [-0.39, 0.29) is 35.5 Å². The van der Waals surface area contributed by atoms with Gasteiger partial charge in [0, 0.05) is 46.8 Å². The first-order chi connectivity index (χ1) is 11.8. The fraction of sp³-hybridized carbons (Fsp3) is 0.562. The predicted octanol–water partition coefficient (Wildman–Crippen LogP) is 2.35. The van der Waals surface area contributed by atoms with Gasteiger partial charge in [-0.05, 0) is 17.7 Å². The van der Waals surface area contributed by atoms with Gasteiger partial charge in [-0.1, -0.05) is 29.3 Å². The third-order valence-electron chi connectivity index (χ3n) is 4.13. The Bertz CT molecular complexity index is 717. The van der Waals surface area contributed by atoms with E-state index >= 15 is 0 Å². The van der Waals surface area contributed by atoms with E-state index in [0.717, 1.165) is 18.1 Å². The average molecular weight is 535 g/mol. The summed E-state index contributed by atoms with van der Waals surface area (Å²) in [6.07, 6.45) is 0. The van der Waals surface area contributed by atoms with Crippen LogP contribution in [0.4, 0.5) is 0 Å². The van der Waals surface area contributed by atoms with Crippen LogP contribution in [0.25, 0.3) is 0 Å². The molecule has 0 radical (unpaired) electrons. The molecule has 0 spiro atoms. The van der Waals surface area contributed by atoms with Crippen molar-refractivity contribution >= 4 is 63.0 Å². The minimum atomic E-state index is -2.83. The standard InChI is InChI=1S/C16H24Cl2N4O2S.HI/c1-19-16(20-5-6-22-7-9-25(23,24)10-8-22)21(2)12-13-3-4-14(17)15(18)11-13;/h3-4,11H,5-10,12H2,1-2H3,(H,19,20);1H. The van der Waals surface area contributed by atoms with Gasteiger partial charge < -0.3 is 10.2 Å². The molecule has 0 saturated carbocycles. The molecule has 2 rings (SSSR count). The van der Waals surface area contributed by atoms with Crippen LogP contribution in [-0.4, -0.2) is 76.0 Å². The lowest BCUT2D eigenvalue weighted by molar-refractivity contribution is 0.298. The van der Waals surface area contributed by atoms with E-state index < -0.39 is 9.84 Å². The lowest BCUT2D eigenvalue weighted by atomic mass is 10.2. The first-order valence-corrected chi connectivity index (χ1v) is 10.7. The topological polar surface area (TPSA) is 65.0 Å². The molecule has 6 nitrogen and oxygen atoms in total. The number of halogens is 3. The van der Waals surface area contributed by atoms with E-state index in [1.165, 1.54) is 0 Å². The van der Waals surface area contributed by atoms with E-state index in [4.69, 9.17) is 23.2 Å². The maximum Gasteiger partial charge on any atom is 0.193 e. The highest BCUT2D eigenvalue weighted by Crippen LogP contribution is 2.23. The summed E-state index contributed by atoms with van der Waals surface area (Å²) < 4.78 is 22.9. The Morgan fingerprint density at radius 2 is 1.92 bits per heavy atom. The minimum Gasteiger partial charge on any atom is -0.355 e. The van der Waals surface area contributed by atoms with Gasteiger partial charge in [-0.15, -0.1) is 24.0 Å². The third kappa shape index (κ3) is 7.38. The number of sulfone groups is 1. The zero-order valence-electron chi connectivity index (χ0n) is 14.9. The molecule has 1 aromatic carbocycles. The van der Waals surface area contributed by atoms with Crippen molar-refractivity contribution < 1.29 is 8.42 Å². The van der Waals surface area contributed by atoms with Crippen molar-refractivity contribution in [2.75, 3.05) is 51.8 Å². The summed E-state index contributed by atoms with van der Waals surface area (Å²) in [4.78, 5) is 8.44. The Balaban J connectivity index is 0.00000338. The van der Waals surface area contributed by atoms with E-state index in [9.17, 15) is 8.42 Å². The molecule has 0 unspecified atom stereocenters. The molecule has 1 N–H and O–H groups in total. The van der Waals surface area contributed by atoms with Crippen LogP contribution in [0.15, 0.2) is 23.2 Å². The van der Waals surface area contributed by atoms with Crippen LogP contribution < -0.4 is 5.32 Å². The zero-order chi connectivity index (χ0) is 18.4. The summed E-state index contributed by atoms with van der Waals surface area (Å²) in [5.41, 5.74) is 1.04. The van der Waals surface area contributed by atoms with Crippen molar-refractivity contribution in [1.82, 2.24) is 15.1 Å². The average Bonchev–Trinajstić information content (AvgIpc) is 2.56. The summed E-state index contributed by atoms with van der Waals surface area (Å²) in [6, 6.07) is 5.57. The molecule has 1 saturated heterocycles. The fourth-order valence-corrected chi connectivity index (χ4v) is 4.27. The van der Waals surface area contributed by atoms with Crippen molar-refractivity contribution in [2.45, 2.75) is 6.54 Å². The molecular weight excluding hydrogens is 510 g/mol. The second-order valence-electron chi connectivity index (χ2n) is 6.07. The number of rotatable bonds is 5. The minimum absolute atomic E-state index is 0. The van der Waals surface area contributed by atoms with Crippen molar-refractivity contribution in [3.63, 3.8) is 0 Å². The molecule has 10 heteroatoms. The molecule has 1 aliphatic rings. The highest BCUT2D eigenvalue weighted by molar-refractivity contribution is 14.0. The van der Waals surface area contributed by atoms with E-state index in [0.29, 0.717) is 36.2 Å². The zero-order valence-corrected chi connectivity index (χ0v) is 19.6. The van der Waals surface area contributed by atoms with Crippen LogP contribution in [0.1, 0.15) is 5.56 Å². The largest absolute Gasteiger partial charge is 0.355 e. The van der Waals surface area contributed by atoms with E-state index in [1.807, 2.05) is 24.1 Å². The maximum atomic E-state index is 11.4. The van der Waals surface area contributed by atoms with Crippen LogP contribution in [-0.2, 0) is 16.4 Å². The van der Waals surface area contributed by atoms with Crippen molar-refractivity contribution in [2.24, 2.45) is 4.99 Å². The number of benzene rings is 1. The first kappa shape index (κ1) is 23.7. The normalized spacial score (nSPS) is 17.5. The SMILES string of the molecule is CN=C(NCCN1CCS(=O)(=O)CC1)N(C)Cc1ccc(Cl)c(Cl)c1.I. The summed E-state index contributed by atoms with van der Waals surface area (Å²) >= 11 is 12.0. The maximum absolute atomic E-state index is 11.4. The van der Waals surface area contributed by atoms with Gasteiger partial charge in [0.25, 0.3) is 0 Å². The fourth-order valence-electron chi connectivity index (χ4n) is 2.67. The number of nitrogens with one attached hydrogen (secondary N) is 1. The van der Waals surface area contributed by atoms with Gasteiger partial charge in [0.2, 0.25) is 0 Å². The van der Waals surface area contributed by atoms with Gasteiger partial charge in [0.15, 0.2) is 15.8 Å². The van der Waals surface area contributed by atoms with Gasteiger partial charge in [0.05, 0.1) is 21.6 Å². The quantitative estimate of drug-likeness (QED) is 0.357. The Morgan fingerprint density at radius 1 is 1.27 bits per heavy atom. The monoisotopic (exact) mass is 534 g/mol. The van der Waals surface area contributed by atoms with Crippen LogP contribution in [0.2, 0.25) is 10.0 Å². The molecule has 1 aromatic rings. The molecule has 0 atom stereocenters. The Kier molecular flexibility index (Phi) is 9.95. The van der Waals surface area contributed by atoms with Gasteiger partial charge >= 0.3 is 0 Å². The summed E-state index contributed by atoms with van der Waals surface area (Å²) in [7, 11) is 0.856. The molecular formula is C16H25Cl2IN4O2S. The lowest BCUT2D eigenvalue weighted by Crippen LogP contribution is -2.46. The highest BCUT2D eigenvalue weighted by atomic mass is 127. The molecule has 0 aliphatic carbocycles. The second kappa shape index (κ2) is 10.9. The van der Waals surface area contributed by atoms with Gasteiger partial charge in [-0.3, -0.25) is 9.89 Å². The molecule has 26 heavy (non-hydrogen) atoms. The third-order valence-corrected chi connectivity index (χ3v) is 6.47. The summed E-state index contributed by atoms with van der Waals surface area (Å²) in [6.45, 7) is 3.34. The van der Waals surface area contributed by atoms with Crippen molar-refractivity contribution in [3.05, 3.63) is 33.8 Å². The van der Waals surface area contributed by atoms with E-state index in [2.05, 4.69) is 15.2 Å². The molecule has 0 amide bonds. The van der Waals surface area contributed by atoms with Gasteiger partial charge in [-0.25, -0.2) is 8.42 Å². The van der Waals surface area contributed by atoms with Crippen molar-refractivity contribution in [3.8, 4) is 0 Å². The Hall–Kier alpha value is -0.290. The van der Waals surface area contributed by atoms with Crippen LogP contribution in [0.3, 0.4) is 0 Å². The molecule has 1 heterocycles. The van der Waals surface area contributed by atoms with Crippen LogP contribution >= 0.6 is 47.2 Å². The molecule has 0 bridgehead atoms. The lowest BCUT2D eigenvalue weighted by Gasteiger charge is -2.28. The van der Waals surface area contributed by atoms with Crippen LogP contribution in [0, 0.1) is 0 Å². The van der Waals surface area contributed by atoms with E-state index in [1.54, 1.807) is 13.1 Å². The molecule has 1 aliphatic heterocycles. The number of guanidine groups is 1. The first-order valence-electron chi connectivity index (χ1n) is 8.09. The Labute approximate surface area is 182 Å². The molecule has 148 valence electrons. The molecule has 0 aromatic heterocycles.